The highest BCUT2D eigenvalue weighted by atomic mass is 35.5. The van der Waals surface area contributed by atoms with Crippen LogP contribution in [0.3, 0.4) is 0 Å². The number of sulfonamides is 1. The summed E-state index contributed by atoms with van der Waals surface area (Å²) >= 11 is 12.0. The van der Waals surface area contributed by atoms with E-state index in [1.54, 1.807) is 42.9 Å². The summed E-state index contributed by atoms with van der Waals surface area (Å²) in [4.78, 5) is 20.4. The molecule has 0 bridgehead atoms. The highest BCUT2D eigenvalue weighted by Gasteiger charge is 2.28. The number of carbonyl (C=O) groups is 1. The number of nitrogens with zero attached hydrogens (tertiary/aromatic N) is 5. The average molecular weight is 600 g/mol. The van der Waals surface area contributed by atoms with Gasteiger partial charge in [-0.2, -0.15) is 0 Å². The number of benzene rings is 2. The number of hydrogen-bond acceptors (Lipinski definition) is 6. The molecule has 5 rings (SSSR count). The molecule has 0 fully saturated rings. The minimum Gasteiger partial charge on any atom is -0.480 e. The Morgan fingerprint density at radius 2 is 1.77 bits per heavy atom. The third kappa shape index (κ3) is 5.54. The van der Waals surface area contributed by atoms with Crippen LogP contribution in [0.25, 0.3) is 28.1 Å². The van der Waals surface area contributed by atoms with Crippen LogP contribution in [0.2, 0.25) is 10.0 Å². The summed E-state index contributed by atoms with van der Waals surface area (Å²) in [5.41, 5.74) is 1.75. The van der Waals surface area contributed by atoms with E-state index in [4.69, 9.17) is 27.9 Å². The maximum absolute atomic E-state index is 13.5. The molecular weight excluding hydrogens is 577 g/mol. The molecule has 0 aliphatic rings. The van der Waals surface area contributed by atoms with Crippen LogP contribution in [0.15, 0.2) is 84.3 Å². The van der Waals surface area contributed by atoms with Crippen LogP contribution in [0.5, 0.6) is 0 Å². The zero-order chi connectivity index (χ0) is 28.4. The molecule has 1 N–H and O–H groups in total. The molecule has 2 aromatic carbocycles. The first-order chi connectivity index (χ1) is 19.2. The molecule has 3 aromatic heterocycles. The number of rotatable bonds is 10. The van der Waals surface area contributed by atoms with E-state index < -0.39 is 22.5 Å². The summed E-state index contributed by atoms with van der Waals surface area (Å²) in [7, 11) is -4.30. The van der Waals surface area contributed by atoms with Gasteiger partial charge in [0.25, 0.3) is 10.0 Å². The van der Waals surface area contributed by atoms with E-state index in [-0.39, 0.29) is 20.6 Å². The summed E-state index contributed by atoms with van der Waals surface area (Å²) in [6.07, 6.45) is 7.03. The van der Waals surface area contributed by atoms with Crippen molar-refractivity contribution in [3.05, 3.63) is 89.4 Å². The smallest absolute Gasteiger partial charge is 0.324 e. The van der Waals surface area contributed by atoms with Crippen molar-refractivity contribution >= 4 is 55.8 Å². The van der Waals surface area contributed by atoms with E-state index >= 15 is 0 Å². The van der Waals surface area contributed by atoms with Gasteiger partial charge >= 0.3 is 5.97 Å². The van der Waals surface area contributed by atoms with Crippen LogP contribution in [0.1, 0.15) is 6.92 Å². The van der Waals surface area contributed by atoms with Crippen LogP contribution in [0.4, 0.5) is 5.69 Å². The van der Waals surface area contributed by atoms with Crippen LogP contribution < -0.4 is 4.31 Å². The summed E-state index contributed by atoms with van der Waals surface area (Å²) in [6.45, 7) is 2.08. The van der Waals surface area contributed by atoms with Gasteiger partial charge in [-0.1, -0.05) is 23.2 Å². The Kier molecular flexibility index (Phi) is 7.81. The van der Waals surface area contributed by atoms with Gasteiger partial charge in [0, 0.05) is 52.4 Å². The second-order valence-corrected chi connectivity index (χ2v) is 11.4. The molecule has 0 spiro atoms. The van der Waals surface area contributed by atoms with Gasteiger partial charge in [0.2, 0.25) is 0 Å². The fraction of sp³-hybridized carbons (Fsp3) is 0.148. The van der Waals surface area contributed by atoms with Gasteiger partial charge in [0.05, 0.1) is 16.1 Å². The van der Waals surface area contributed by atoms with Gasteiger partial charge in [-0.3, -0.25) is 9.10 Å². The minimum atomic E-state index is -4.30. The van der Waals surface area contributed by atoms with Crippen molar-refractivity contribution in [3.63, 3.8) is 0 Å². The molecule has 13 heteroatoms. The summed E-state index contributed by atoms with van der Waals surface area (Å²) in [5.74, 6) is 0.0272. The van der Waals surface area contributed by atoms with E-state index in [1.807, 2.05) is 34.4 Å². The Morgan fingerprint density at radius 3 is 2.50 bits per heavy atom. The molecule has 3 heterocycles. The van der Waals surface area contributed by atoms with Crippen LogP contribution in [-0.4, -0.2) is 51.7 Å². The molecule has 206 valence electrons. The first-order valence-corrected chi connectivity index (χ1v) is 14.2. The van der Waals surface area contributed by atoms with Crippen molar-refractivity contribution in [3.8, 4) is 17.2 Å². The number of halogens is 2. The second kappa shape index (κ2) is 11.3. The number of aromatic nitrogens is 4. The lowest BCUT2D eigenvalue weighted by atomic mass is 10.2. The monoisotopic (exact) mass is 599 g/mol. The molecule has 40 heavy (non-hydrogen) atoms. The number of carboxylic acid groups (broad SMARTS) is 1. The number of hydrogen-bond donors (Lipinski definition) is 1. The Labute approximate surface area is 240 Å². The molecule has 0 amide bonds. The van der Waals surface area contributed by atoms with Crippen LogP contribution in [-0.2, 0) is 26.3 Å². The SMILES string of the molecule is CCOCn1ccnc1-c1ccnc(-n2ccc3cc(N(CC(=O)O)S(=O)(=O)c4cc(Cl)cc(Cl)c4)ccc32)c1. The molecule has 0 radical (unpaired) electrons. The van der Waals surface area contributed by atoms with Crippen molar-refractivity contribution < 1.29 is 23.1 Å². The topological polar surface area (TPSA) is 120 Å². The Hall–Kier alpha value is -3.90. The van der Waals surface area contributed by atoms with Gasteiger partial charge in [0.1, 0.15) is 24.9 Å². The molecule has 0 aliphatic heterocycles. The Bertz CT molecular complexity index is 1800. The van der Waals surface area contributed by atoms with E-state index in [0.29, 0.717) is 24.5 Å². The van der Waals surface area contributed by atoms with Gasteiger partial charge in [-0.25, -0.2) is 18.4 Å². The third-order valence-corrected chi connectivity index (χ3v) is 8.25. The van der Waals surface area contributed by atoms with Crippen molar-refractivity contribution in [1.29, 1.82) is 0 Å². The summed E-state index contributed by atoms with van der Waals surface area (Å²) in [6, 6.07) is 14.3. The third-order valence-electron chi connectivity index (χ3n) is 6.07. The first kappa shape index (κ1) is 27.7. The normalized spacial score (nSPS) is 11.7. The predicted octanol–water partition coefficient (Wildman–Crippen LogP) is 5.47. The Morgan fingerprint density at radius 1 is 1.00 bits per heavy atom. The van der Waals surface area contributed by atoms with Gasteiger partial charge in [-0.05, 0) is 61.5 Å². The fourth-order valence-corrected chi connectivity index (χ4v) is 6.41. The quantitative estimate of drug-likeness (QED) is 0.226. The van der Waals surface area contributed by atoms with Crippen molar-refractivity contribution in [2.45, 2.75) is 18.6 Å². The number of ether oxygens (including phenoxy) is 1. The zero-order valence-electron chi connectivity index (χ0n) is 21.1. The van der Waals surface area contributed by atoms with Gasteiger partial charge < -0.3 is 19.0 Å². The van der Waals surface area contributed by atoms with Crippen molar-refractivity contribution in [1.82, 2.24) is 19.1 Å². The molecule has 10 nitrogen and oxygen atoms in total. The van der Waals surface area contributed by atoms with E-state index in [2.05, 4.69) is 9.97 Å². The van der Waals surface area contributed by atoms with E-state index in [1.165, 1.54) is 18.2 Å². The second-order valence-electron chi connectivity index (χ2n) is 8.68. The molecule has 5 aromatic rings. The summed E-state index contributed by atoms with van der Waals surface area (Å²) < 4.78 is 37.1. The Balaban J connectivity index is 1.53. The predicted molar refractivity (Wildman–Crippen MR) is 153 cm³/mol. The van der Waals surface area contributed by atoms with Crippen LogP contribution >= 0.6 is 23.2 Å². The number of pyridine rings is 1. The van der Waals surface area contributed by atoms with Gasteiger partial charge in [-0.15, -0.1) is 0 Å². The number of imidazole rings is 1. The molecule has 0 aliphatic carbocycles. The highest BCUT2D eigenvalue weighted by Crippen LogP contribution is 2.31. The largest absolute Gasteiger partial charge is 0.480 e. The lowest BCUT2D eigenvalue weighted by Crippen LogP contribution is -2.35. The summed E-state index contributed by atoms with van der Waals surface area (Å²) in [5, 5.41) is 10.4. The maximum Gasteiger partial charge on any atom is 0.324 e. The van der Waals surface area contributed by atoms with Gasteiger partial charge in [0.15, 0.2) is 0 Å². The fourth-order valence-electron chi connectivity index (χ4n) is 4.28. The number of carboxylic acids is 1. The molecule has 0 saturated carbocycles. The van der Waals surface area contributed by atoms with Crippen LogP contribution in [0, 0.1) is 0 Å². The average Bonchev–Trinajstić information content (AvgIpc) is 3.56. The van der Waals surface area contributed by atoms with E-state index in [9.17, 15) is 18.3 Å². The lowest BCUT2D eigenvalue weighted by Gasteiger charge is -2.23. The molecule has 0 atom stereocenters. The molecular formula is C27H23Cl2N5O5S. The zero-order valence-corrected chi connectivity index (χ0v) is 23.4. The van der Waals surface area contributed by atoms with Crippen molar-refractivity contribution in [2.75, 3.05) is 17.5 Å². The minimum absolute atomic E-state index is 0.115. The number of aliphatic carboxylic acids is 1. The van der Waals surface area contributed by atoms with Crippen molar-refractivity contribution in [2.24, 2.45) is 0 Å². The van der Waals surface area contributed by atoms with E-state index in [0.717, 1.165) is 21.2 Å². The standard InChI is InChI=1S/C27H23Cl2N5O5S/c1-2-39-17-32-10-8-31-27(32)19-5-7-30-25(12-19)33-9-6-18-11-22(3-4-24(18)33)34(16-26(35)36)40(37,38)23-14-20(28)13-21(29)15-23/h3-15H,2,16-17H2,1H3,(H,35,36). The lowest BCUT2D eigenvalue weighted by molar-refractivity contribution is -0.135. The highest BCUT2D eigenvalue weighted by molar-refractivity contribution is 7.92. The molecule has 0 saturated heterocycles. The number of fused-ring (bicyclic) bond motifs is 1. The number of anilines is 1. The first-order valence-electron chi connectivity index (χ1n) is 12.0. The maximum atomic E-state index is 13.5. The molecule has 0 unspecified atom stereocenters.